The molecule has 2 atom stereocenters. The number of aryl methyl sites for hydroxylation is 1. The number of carbonyl (C=O) groups is 1. The van der Waals surface area contributed by atoms with Crippen LogP contribution in [0.15, 0.2) is 42.6 Å². The normalized spacial score (nSPS) is 20.4. The van der Waals surface area contributed by atoms with E-state index in [1.807, 2.05) is 6.92 Å². The Bertz CT molecular complexity index is 1190. The number of nitro groups is 1. The van der Waals surface area contributed by atoms with E-state index in [1.54, 1.807) is 34.9 Å². The molecular weight excluding hydrogens is 424 g/mol. The fourth-order valence-corrected chi connectivity index (χ4v) is 4.30. The molecule has 1 aliphatic rings. The maximum Gasteiger partial charge on any atom is 0.270 e. The van der Waals surface area contributed by atoms with Gasteiger partial charge in [-0.2, -0.15) is 0 Å². The van der Waals surface area contributed by atoms with Gasteiger partial charge in [0.1, 0.15) is 4.88 Å². The molecule has 10 nitrogen and oxygen atoms in total. The van der Waals surface area contributed by atoms with Crippen LogP contribution in [0, 0.1) is 17.0 Å². The summed E-state index contributed by atoms with van der Waals surface area (Å²) in [5.74, 6) is -1.36. The summed E-state index contributed by atoms with van der Waals surface area (Å²) in [5, 5.41) is 13.9. The number of methoxy groups -OCH3 is 2. The van der Waals surface area contributed by atoms with E-state index < -0.39 is 17.0 Å². The molecule has 4 rings (SSSR count). The van der Waals surface area contributed by atoms with E-state index in [-0.39, 0.29) is 18.1 Å². The second kappa shape index (κ2) is 8.19. The van der Waals surface area contributed by atoms with Crippen molar-refractivity contribution in [3.8, 4) is 11.3 Å². The summed E-state index contributed by atoms with van der Waals surface area (Å²) in [7, 11) is 3.01. The zero-order valence-corrected chi connectivity index (χ0v) is 17.8. The molecule has 0 fully saturated rings. The molecule has 1 amide bonds. The first kappa shape index (κ1) is 21.1. The van der Waals surface area contributed by atoms with Crippen LogP contribution in [0.3, 0.4) is 0 Å². The molecule has 0 unspecified atom stereocenters. The molecule has 1 N–H and O–H groups in total. The Hall–Kier alpha value is -3.12. The third-order valence-electron chi connectivity index (χ3n) is 5.01. The van der Waals surface area contributed by atoms with Gasteiger partial charge < -0.3 is 19.5 Å². The number of nitrogens with zero attached hydrogens (tertiary/aromatic N) is 3. The van der Waals surface area contributed by atoms with Gasteiger partial charge >= 0.3 is 0 Å². The van der Waals surface area contributed by atoms with Gasteiger partial charge in [0.2, 0.25) is 5.79 Å². The van der Waals surface area contributed by atoms with Gasteiger partial charge in [-0.05, 0) is 19.1 Å². The van der Waals surface area contributed by atoms with Crippen molar-refractivity contribution in [1.29, 1.82) is 0 Å². The largest absolute Gasteiger partial charge is 0.352 e. The topological polar surface area (TPSA) is 117 Å². The highest BCUT2D eigenvalue weighted by atomic mass is 32.1. The van der Waals surface area contributed by atoms with Crippen molar-refractivity contribution in [2.75, 3.05) is 20.8 Å². The third kappa shape index (κ3) is 3.95. The lowest BCUT2D eigenvalue weighted by molar-refractivity contribution is -0.384. The van der Waals surface area contributed by atoms with Crippen molar-refractivity contribution in [1.82, 2.24) is 14.7 Å². The molecule has 1 aliphatic heterocycles. The molecule has 0 aliphatic carbocycles. The average molecular weight is 444 g/mol. The summed E-state index contributed by atoms with van der Waals surface area (Å²) >= 11 is 1.23. The minimum atomic E-state index is -1.09. The summed E-state index contributed by atoms with van der Waals surface area (Å²) in [4.78, 5) is 29.0. The zero-order chi connectivity index (χ0) is 22.2. The number of nitrogens with one attached hydrogen (secondary N) is 1. The van der Waals surface area contributed by atoms with Crippen molar-refractivity contribution < 1.29 is 23.9 Å². The summed E-state index contributed by atoms with van der Waals surface area (Å²) in [6.45, 7) is 1.92. The summed E-state index contributed by atoms with van der Waals surface area (Å²) in [6.07, 6.45) is 4.66. The molecule has 3 aromatic rings. The summed E-state index contributed by atoms with van der Waals surface area (Å²) in [5.41, 5.74) is 1.94. The smallest absolute Gasteiger partial charge is 0.270 e. The first-order valence-electron chi connectivity index (χ1n) is 9.32. The molecule has 0 radical (unpaired) electrons. The van der Waals surface area contributed by atoms with Gasteiger partial charge in [-0.3, -0.25) is 19.3 Å². The van der Waals surface area contributed by atoms with Crippen LogP contribution in [0.25, 0.3) is 16.2 Å². The molecular formula is C20H20N4O6S. The van der Waals surface area contributed by atoms with Gasteiger partial charge in [0.25, 0.3) is 11.6 Å². The maximum atomic E-state index is 12.8. The lowest BCUT2D eigenvalue weighted by Crippen LogP contribution is -2.44. The number of nitro benzene ring substituents is 1. The lowest BCUT2D eigenvalue weighted by Gasteiger charge is -2.27. The Labute approximate surface area is 181 Å². The molecule has 2 aromatic heterocycles. The molecule has 31 heavy (non-hydrogen) atoms. The number of thiazole rings is 1. The van der Waals surface area contributed by atoms with E-state index in [9.17, 15) is 14.9 Å². The zero-order valence-electron chi connectivity index (χ0n) is 17.0. The van der Waals surface area contributed by atoms with Crippen LogP contribution < -0.4 is 5.32 Å². The standard InChI is InChI=1S/C20H20N4O6S/c1-12-17(18(25)21-11-20(29-3)8-7-16(28-2)30-20)31-19-22-15(10-23(12)19)13-5-4-6-14(9-13)24(26)27/h4-10,16H,11H2,1-3H3,(H,21,25)/t16-,20-/m0/s1. The number of aromatic nitrogens is 2. The average Bonchev–Trinajstić information content (AvgIpc) is 3.47. The number of ether oxygens (including phenoxy) is 3. The molecule has 1 aromatic carbocycles. The fraction of sp³-hybridized carbons (Fsp3) is 0.300. The predicted molar refractivity (Wildman–Crippen MR) is 113 cm³/mol. The Morgan fingerprint density at radius 3 is 2.90 bits per heavy atom. The SMILES string of the molecule is CO[C@@H]1C=C[C@](CNC(=O)c2sc3nc(-c4cccc([N+](=O)[O-])c4)cn3c2C)(OC)O1. The molecule has 11 heteroatoms. The van der Waals surface area contributed by atoms with E-state index >= 15 is 0 Å². The van der Waals surface area contributed by atoms with Crippen LogP contribution in [0.5, 0.6) is 0 Å². The van der Waals surface area contributed by atoms with Crippen molar-refractivity contribution in [2.24, 2.45) is 0 Å². The van der Waals surface area contributed by atoms with E-state index in [4.69, 9.17) is 14.2 Å². The summed E-state index contributed by atoms with van der Waals surface area (Å²) in [6, 6.07) is 6.28. The number of carbonyl (C=O) groups excluding carboxylic acids is 1. The Morgan fingerprint density at radius 1 is 1.45 bits per heavy atom. The molecule has 162 valence electrons. The second-order valence-corrected chi connectivity index (χ2v) is 7.86. The predicted octanol–water partition coefficient (Wildman–Crippen LogP) is 2.91. The van der Waals surface area contributed by atoms with Crippen molar-refractivity contribution in [3.63, 3.8) is 0 Å². The van der Waals surface area contributed by atoms with Crippen molar-refractivity contribution in [3.05, 3.63) is 63.3 Å². The van der Waals surface area contributed by atoms with Gasteiger partial charge in [-0.1, -0.05) is 23.5 Å². The number of hydrogen-bond donors (Lipinski definition) is 1. The minimum absolute atomic E-state index is 0.00314. The Balaban J connectivity index is 1.53. The summed E-state index contributed by atoms with van der Waals surface area (Å²) < 4.78 is 18.0. The number of non-ortho nitro benzene ring substituents is 1. The number of fused-ring (bicyclic) bond motifs is 1. The molecule has 0 spiro atoms. The quantitative estimate of drug-likeness (QED) is 0.338. The Kier molecular flexibility index (Phi) is 5.58. The van der Waals surface area contributed by atoms with Gasteiger partial charge in [-0.25, -0.2) is 4.98 Å². The second-order valence-electron chi connectivity index (χ2n) is 6.88. The van der Waals surface area contributed by atoms with E-state index in [0.29, 0.717) is 26.8 Å². The van der Waals surface area contributed by atoms with E-state index in [0.717, 1.165) is 0 Å². The molecule has 0 bridgehead atoms. The number of hydrogen-bond acceptors (Lipinski definition) is 8. The molecule has 3 heterocycles. The van der Waals surface area contributed by atoms with Crippen LogP contribution >= 0.6 is 11.3 Å². The first-order chi connectivity index (χ1) is 14.9. The van der Waals surface area contributed by atoms with Crippen LogP contribution in [0.2, 0.25) is 0 Å². The number of benzene rings is 1. The van der Waals surface area contributed by atoms with Crippen LogP contribution in [0.1, 0.15) is 15.4 Å². The van der Waals surface area contributed by atoms with Gasteiger partial charge in [-0.15, -0.1) is 0 Å². The highest BCUT2D eigenvalue weighted by molar-refractivity contribution is 7.19. The highest BCUT2D eigenvalue weighted by Crippen LogP contribution is 2.29. The van der Waals surface area contributed by atoms with Crippen molar-refractivity contribution >= 4 is 27.9 Å². The maximum absolute atomic E-state index is 12.8. The van der Waals surface area contributed by atoms with Gasteiger partial charge in [0.15, 0.2) is 11.3 Å². The highest BCUT2D eigenvalue weighted by Gasteiger charge is 2.36. The van der Waals surface area contributed by atoms with Crippen LogP contribution in [-0.4, -0.2) is 53.1 Å². The number of imidazole rings is 1. The minimum Gasteiger partial charge on any atom is -0.352 e. The van der Waals surface area contributed by atoms with E-state index in [1.165, 1.54) is 37.7 Å². The molecule has 0 saturated heterocycles. The molecule has 0 saturated carbocycles. The van der Waals surface area contributed by atoms with Crippen LogP contribution in [0.4, 0.5) is 5.69 Å². The van der Waals surface area contributed by atoms with Crippen molar-refractivity contribution in [2.45, 2.75) is 19.0 Å². The monoisotopic (exact) mass is 444 g/mol. The Morgan fingerprint density at radius 2 is 2.26 bits per heavy atom. The van der Waals surface area contributed by atoms with Gasteiger partial charge in [0.05, 0.1) is 17.2 Å². The number of amides is 1. The fourth-order valence-electron chi connectivity index (χ4n) is 3.28. The van der Waals surface area contributed by atoms with E-state index in [2.05, 4.69) is 10.3 Å². The number of rotatable bonds is 7. The van der Waals surface area contributed by atoms with Crippen LogP contribution in [-0.2, 0) is 14.2 Å². The lowest BCUT2D eigenvalue weighted by atomic mass is 10.1. The first-order valence-corrected chi connectivity index (χ1v) is 10.1. The van der Waals surface area contributed by atoms with Gasteiger partial charge in [0, 0.05) is 43.8 Å². The third-order valence-corrected chi connectivity index (χ3v) is 6.17.